The highest BCUT2D eigenvalue weighted by Gasteiger charge is 2.20. The Morgan fingerprint density at radius 2 is 2.05 bits per heavy atom. The normalized spacial score (nSPS) is 14.2. The van der Waals surface area contributed by atoms with E-state index in [-0.39, 0.29) is 5.02 Å². The quantitative estimate of drug-likeness (QED) is 0.772. The molecule has 0 spiro atoms. The Balaban J connectivity index is 1.70. The predicted molar refractivity (Wildman–Crippen MR) is 85.5 cm³/mol. The van der Waals surface area contributed by atoms with Crippen LogP contribution in [0, 0.1) is 5.82 Å². The Hall–Kier alpha value is -1.10. The molecule has 0 amide bonds. The number of rotatable bonds is 5. The third-order valence-electron chi connectivity index (χ3n) is 3.29. The van der Waals surface area contributed by atoms with Crippen molar-refractivity contribution >= 4 is 27.5 Å². The molecule has 0 heterocycles. The van der Waals surface area contributed by atoms with Crippen LogP contribution in [0.5, 0.6) is 11.5 Å². The van der Waals surface area contributed by atoms with Crippen LogP contribution in [-0.4, -0.2) is 6.04 Å². The monoisotopic (exact) mass is 369 g/mol. The predicted octanol–water partition coefficient (Wildman–Crippen LogP) is 5.29. The molecule has 0 unspecified atom stereocenters. The van der Waals surface area contributed by atoms with Gasteiger partial charge in [0.2, 0.25) is 0 Å². The minimum absolute atomic E-state index is 0.0499. The molecule has 1 N–H and O–H groups in total. The standard InChI is InChI=1S/C16H14BrClFNO/c17-13-7-10(9-20-11-2-3-11)1-6-16(13)21-12-4-5-15(19)14(18)8-12/h1,4-8,11,20H,2-3,9H2. The molecule has 0 aliphatic heterocycles. The summed E-state index contributed by atoms with van der Waals surface area (Å²) in [4.78, 5) is 0. The fourth-order valence-corrected chi connectivity index (χ4v) is 2.63. The maximum Gasteiger partial charge on any atom is 0.142 e. The topological polar surface area (TPSA) is 21.3 Å². The summed E-state index contributed by atoms with van der Waals surface area (Å²) >= 11 is 9.25. The minimum Gasteiger partial charge on any atom is -0.456 e. The van der Waals surface area contributed by atoms with Crippen LogP contribution in [0.15, 0.2) is 40.9 Å². The first kappa shape index (κ1) is 14.8. The summed E-state index contributed by atoms with van der Waals surface area (Å²) in [5.74, 6) is 0.725. The molecule has 21 heavy (non-hydrogen) atoms. The van der Waals surface area contributed by atoms with E-state index in [9.17, 15) is 4.39 Å². The van der Waals surface area contributed by atoms with Crippen molar-refractivity contribution in [2.24, 2.45) is 0 Å². The molecule has 0 radical (unpaired) electrons. The lowest BCUT2D eigenvalue weighted by atomic mass is 10.2. The first-order valence-electron chi connectivity index (χ1n) is 6.76. The largest absolute Gasteiger partial charge is 0.456 e. The molecule has 2 nitrogen and oxygen atoms in total. The maximum atomic E-state index is 13.1. The number of benzene rings is 2. The van der Waals surface area contributed by atoms with Crippen molar-refractivity contribution in [3.63, 3.8) is 0 Å². The van der Waals surface area contributed by atoms with Gasteiger partial charge in [0.1, 0.15) is 17.3 Å². The van der Waals surface area contributed by atoms with Gasteiger partial charge in [-0.15, -0.1) is 0 Å². The van der Waals surface area contributed by atoms with Gasteiger partial charge in [0.25, 0.3) is 0 Å². The van der Waals surface area contributed by atoms with Gasteiger partial charge in [-0.2, -0.15) is 0 Å². The number of hydrogen-bond donors (Lipinski definition) is 1. The molecule has 3 rings (SSSR count). The lowest BCUT2D eigenvalue weighted by Crippen LogP contribution is -2.15. The minimum atomic E-state index is -0.454. The second-order valence-corrected chi connectivity index (χ2v) is 6.36. The van der Waals surface area contributed by atoms with Crippen molar-refractivity contribution in [2.75, 3.05) is 0 Å². The molecule has 1 saturated carbocycles. The average molecular weight is 371 g/mol. The highest BCUT2D eigenvalue weighted by molar-refractivity contribution is 9.10. The van der Waals surface area contributed by atoms with Gasteiger partial charge in [-0.25, -0.2) is 4.39 Å². The van der Waals surface area contributed by atoms with Crippen molar-refractivity contribution in [1.29, 1.82) is 0 Å². The van der Waals surface area contributed by atoms with Crippen LogP contribution in [0.25, 0.3) is 0 Å². The van der Waals surface area contributed by atoms with Gasteiger partial charge >= 0.3 is 0 Å². The Morgan fingerprint density at radius 3 is 2.71 bits per heavy atom. The molecule has 1 aliphatic carbocycles. The van der Waals surface area contributed by atoms with Crippen LogP contribution in [0.2, 0.25) is 5.02 Å². The third-order valence-corrected chi connectivity index (χ3v) is 4.20. The molecule has 110 valence electrons. The molecule has 1 fully saturated rings. The van der Waals surface area contributed by atoms with Crippen molar-refractivity contribution < 1.29 is 9.13 Å². The van der Waals surface area contributed by atoms with Gasteiger partial charge in [0, 0.05) is 18.7 Å². The van der Waals surface area contributed by atoms with Crippen molar-refractivity contribution in [3.8, 4) is 11.5 Å². The van der Waals surface area contributed by atoms with E-state index in [0.29, 0.717) is 17.5 Å². The molecule has 2 aromatic rings. The van der Waals surface area contributed by atoms with E-state index in [0.717, 1.165) is 11.0 Å². The molecule has 0 aromatic heterocycles. The average Bonchev–Trinajstić information content (AvgIpc) is 3.27. The highest BCUT2D eigenvalue weighted by Crippen LogP contribution is 2.32. The smallest absolute Gasteiger partial charge is 0.142 e. The Kier molecular flexibility index (Phi) is 4.48. The molecule has 0 saturated heterocycles. The fraction of sp³-hybridized carbons (Fsp3) is 0.250. The second kappa shape index (κ2) is 6.34. The molecule has 1 aliphatic rings. The number of nitrogens with one attached hydrogen (secondary N) is 1. The summed E-state index contributed by atoms with van der Waals surface area (Å²) in [6, 6.07) is 10.9. The number of hydrogen-bond acceptors (Lipinski definition) is 2. The van der Waals surface area contributed by atoms with Crippen molar-refractivity contribution in [3.05, 3.63) is 57.3 Å². The second-order valence-electron chi connectivity index (χ2n) is 5.10. The van der Waals surface area contributed by atoms with Crippen LogP contribution in [0.3, 0.4) is 0 Å². The highest BCUT2D eigenvalue weighted by atomic mass is 79.9. The van der Waals surface area contributed by atoms with Crippen LogP contribution >= 0.6 is 27.5 Å². The van der Waals surface area contributed by atoms with Crippen LogP contribution in [-0.2, 0) is 6.54 Å². The van der Waals surface area contributed by atoms with E-state index in [2.05, 4.69) is 21.2 Å². The van der Waals surface area contributed by atoms with E-state index in [1.54, 1.807) is 6.07 Å². The molecular formula is C16H14BrClFNO. The number of ether oxygens (including phenoxy) is 1. The summed E-state index contributed by atoms with van der Waals surface area (Å²) in [7, 11) is 0. The summed E-state index contributed by atoms with van der Waals surface area (Å²) in [5, 5.41) is 3.51. The van der Waals surface area contributed by atoms with E-state index in [1.807, 2.05) is 18.2 Å². The summed E-state index contributed by atoms with van der Waals surface area (Å²) < 4.78 is 19.7. The Bertz CT molecular complexity index is 661. The van der Waals surface area contributed by atoms with Crippen LogP contribution in [0.4, 0.5) is 4.39 Å². The zero-order valence-corrected chi connectivity index (χ0v) is 13.5. The molecule has 0 atom stereocenters. The van der Waals surface area contributed by atoms with E-state index in [1.165, 1.54) is 30.5 Å². The van der Waals surface area contributed by atoms with Crippen molar-refractivity contribution in [2.45, 2.75) is 25.4 Å². The van der Waals surface area contributed by atoms with Gasteiger partial charge in [0.15, 0.2) is 0 Å². The molecule has 2 aromatic carbocycles. The molecule has 0 bridgehead atoms. The van der Waals surface area contributed by atoms with Gasteiger partial charge in [-0.3, -0.25) is 0 Å². The SMILES string of the molecule is Fc1ccc(Oc2ccc(CNC3CC3)cc2Br)cc1Cl. The fourth-order valence-electron chi connectivity index (χ4n) is 1.95. The number of halogens is 3. The Labute approximate surface area is 136 Å². The molecule has 5 heteroatoms. The van der Waals surface area contributed by atoms with E-state index < -0.39 is 5.82 Å². The van der Waals surface area contributed by atoms with Gasteiger partial charge in [-0.1, -0.05) is 17.7 Å². The Morgan fingerprint density at radius 1 is 1.24 bits per heavy atom. The summed E-state index contributed by atoms with van der Waals surface area (Å²) in [6.45, 7) is 0.853. The zero-order chi connectivity index (χ0) is 14.8. The van der Waals surface area contributed by atoms with Gasteiger partial charge < -0.3 is 10.1 Å². The van der Waals surface area contributed by atoms with Gasteiger partial charge in [0.05, 0.1) is 9.50 Å². The summed E-state index contributed by atoms with van der Waals surface area (Å²) in [5.41, 5.74) is 1.19. The first-order chi connectivity index (χ1) is 10.1. The maximum absolute atomic E-state index is 13.1. The third kappa shape index (κ3) is 3.96. The lowest BCUT2D eigenvalue weighted by Gasteiger charge is -2.10. The molecular weight excluding hydrogens is 357 g/mol. The summed E-state index contributed by atoms with van der Waals surface area (Å²) in [6.07, 6.45) is 2.54. The van der Waals surface area contributed by atoms with Crippen molar-refractivity contribution in [1.82, 2.24) is 5.32 Å². The van der Waals surface area contributed by atoms with E-state index in [4.69, 9.17) is 16.3 Å². The van der Waals surface area contributed by atoms with Crippen LogP contribution in [0.1, 0.15) is 18.4 Å². The van der Waals surface area contributed by atoms with E-state index >= 15 is 0 Å². The van der Waals surface area contributed by atoms with Gasteiger partial charge in [-0.05, 0) is 58.6 Å². The van der Waals surface area contributed by atoms with Crippen LogP contribution < -0.4 is 10.1 Å². The lowest BCUT2D eigenvalue weighted by molar-refractivity contribution is 0.477. The zero-order valence-electron chi connectivity index (χ0n) is 11.2. The first-order valence-corrected chi connectivity index (χ1v) is 7.93.